The summed E-state index contributed by atoms with van der Waals surface area (Å²) in [7, 11) is 0. The smallest absolute Gasteiger partial charge is 0.146 e. The lowest BCUT2D eigenvalue weighted by atomic mass is 9.78. The topological polar surface area (TPSA) is 98.3 Å². The van der Waals surface area contributed by atoms with Gasteiger partial charge in [0.05, 0.1) is 26.2 Å². The number of ketones is 5. The number of nitrogens with zero attached hydrogens (tertiary/aromatic N) is 4. The van der Waals surface area contributed by atoms with Crippen molar-refractivity contribution in [2.75, 3.05) is 78.5 Å². The molecule has 0 unspecified atom stereocenters. The molecule has 1 saturated carbocycles. The van der Waals surface area contributed by atoms with Crippen molar-refractivity contribution >= 4 is 28.9 Å². The van der Waals surface area contributed by atoms with E-state index in [2.05, 4.69) is 19.6 Å². The predicted molar refractivity (Wildman–Crippen MR) is 148 cm³/mol. The van der Waals surface area contributed by atoms with Crippen molar-refractivity contribution in [3.05, 3.63) is 0 Å². The van der Waals surface area contributed by atoms with Crippen molar-refractivity contribution in [3.63, 3.8) is 0 Å². The maximum atomic E-state index is 13.0. The summed E-state index contributed by atoms with van der Waals surface area (Å²) in [5, 5.41) is 0. The van der Waals surface area contributed by atoms with Gasteiger partial charge in [-0.3, -0.25) is 43.6 Å². The lowest BCUT2D eigenvalue weighted by Gasteiger charge is -2.33. The Kier molecular flexibility index (Phi) is 14.5. The number of carbonyl (C=O) groups excluding carboxylic acids is 5. The van der Waals surface area contributed by atoms with Crippen LogP contribution >= 0.6 is 0 Å². The molecule has 0 aromatic carbocycles. The zero-order chi connectivity index (χ0) is 28.1. The minimum atomic E-state index is 0.102. The van der Waals surface area contributed by atoms with Crippen LogP contribution in [0.25, 0.3) is 0 Å². The van der Waals surface area contributed by atoms with E-state index in [4.69, 9.17) is 0 Å². The number of carbonyl (C=O) groups is 5. The van der Waals surface area contributed by atoms with Crippen LogP contribution in [-0.4, -0.2) is 127 Å². The Bertz CT molecular complexity index is 777. The molecule has 216 valence electrons. The van der Waals surface area contributed by atoms with E-state index >= 15 is 0 Å². The first kappa shape index (κ1) is 32.4. The average Bonchev–Trinajstić information content (AvgIpc) is 2.83. The van der Waals surface area contributed by atoms with Gasteiger partial charge in [-0.15, -0.1) is 0 Å². The number of hydrogen-bond donors (Lipinski definition) is 0. The second-order valence-electron chi connectivity index (χ2n) is 11.6. The fourth-order valence-corrected chi connectivity index (χ4v) is 5.71. The Morgan fingerprint density at radius 2 is 0.868 bits per heavy atom. The van der Waals surface area contributed by atoms with Gasteiger partial charge in [-0.2, -0.15) is 0 Å². The van der Waals surface area contributed by atoms with Crippen LogP contribution in [0.2, 0.25) is 0 Å². The molecule has 0 amide bonds. The summed E-state index contributed by atoms with van der Waals surface area (Å²) in [5.74, 6) is 1.55. The molecule has 0 radical (unpaired) electrons. The van der Waals surface area contributed by atoms with Gasteiger partial charge in [0.15, 0.2) is 0 Å². The van der Waals surface area contributed by atoms with E-state index in [0.29, 0.717) is 96.7 Å². The van der Waals surface area contributed by atoms with Gasteiger partial charge in [0, 0.05) is 64.7 Å². The Morgan fingerprint density at radius 3 is 1.18 bits per heavy atom. The van der Waals surface area contributed by atoms with Crippen LogP contribution < -0.4 is 0 Å². The molecule has 1 aliphatic carbocycles. The Morgan fingerprint density at radius 1 is 0.526 bits per heavy atom. The summed E-state index contributed by atoms with van der Waals surface area (Å²) in [4.78, 5) is 68.8. The first-order chi connectivity index (χ1) is 18.0. The zero-order valence-electron chi connectivity index (χ0n) is 24.2. The lowest BCUT2D eigenvalue weighted by molar-refractivity contribution is -0.123. The lowest BCUT2D eigenvalue weighted by Crippen LogP contribution is -2.48. The average molecular weight is 535 g/mol. The molecule has 0 bridgehead atoms. The van der Waals surface area contributed by atoms with E-state index in [1.165, 1.54) is 0 Å². The van der Waals surface area contributed by atoms with Crippen LogP contribution in [-0.2, 0) is 24.0 Å². The van der Waals surface area contributed by atoms with Gasteiger partial charge in [-0.1, -0.05) is 0 Å². The van der Waals surface area contributed by atoms with E-state index < -0.39 is 0 Å². The Labute approximate surface area is 229 Å². The molecule has 0 aromatic heterocycles. The van der Waals surface area contributed by atoms with Gasteiger partial charge in [0.1, 0.15) is 28.9 Å². The predicted octanol–water partition coefficient (Wildman–Crippen LogP) is 1.72. The van der Waals surface area contributed by atoms with Crippen LogP contribution in [0.3, 0.4) is 0 Å². The van der Waals surface area contributed by atoms with Crippen LogP contribution in [0.1, 0.15) is 66.2 Å². The van der Waals surface area contributed by atoms with Crippen molar-refractivity contribution in [3.8, 4) is 0 Å². The van der Waals surface area contributed by atoms with Gasteiger partial charge in [-0.05, 0) is 65.7 Å². The van der Waals surface area contributed by atoms with Crippen LogP contribution in [0.5, 0.6) is 0 Å². The number of Topliss-reactive ketones (excluding diaryl/α,β-unsaturated/α-hetero) is 5. The van der Waals surface area contributed by atoms with Gasteiger partial charge in [0.25, 0.3) is 0 Å². The molecule has 0 N–H and O–H groups in total. The fraction of sp³-hybridized carbons (Fsp3) is 0.828. The van der Waals surface area contributed by atoms with Gasteiger partial charge >= 0.3 is 0 Å². The monoisotopic (exact) mass is 534 g/mol. The zero-order valence-corrected chi connectivity index (χ0v) is 24.2. The minimum absolute atomic E-state index is 0.102. The van der Waals surface area contributed by atoms with E-state index in [0.717, 1.165) is 32.1 Å². The highest BCUT2D eigenvalue weighted by molar-refractivity contribution is 5.80. The van der Waals surface area contributed by atoms with Crippen LogP contribution in [0, 0.1) is 11.8 Å². The summed E-state index contributed by atoms with van der Waals surface area (Å²) in [6.45, 7) is 13.3. The third-order valence-electron chi connectivity index (χ3n) is 7.92. The summed E-state index contributed by atoms with van der Waals surface area (Å²) >= 11 is 0. The third-order valence-corrected chi connectivity index (χ3v) is 7.92. The van der Waals surface area contributed by atoms with Gasteiger partial charge in [0.2, 0.25) is 0 Å². The molecule has 1 heterocycles. The van der Waals surface area contributed by atoms with E-state index in [-0.39, 0.29) is 29.1 Å². The van der Waals surface area contributed by atoms with E-state index in [9.17, 15) is 24.0 Å². The highest BCUT2D eigenvalue weighted by Gasteiger charge is 2.25. The number of hydrogen-bond acceptors (Lipinski definition) is 9. The third kappa shape index (κ3) is 13.3. The van der Waals surface area contributed by atoms with Crippen molar-refractivity contribution in [2.45, 2.75) is 66.2 Å². The van der Waals surface area contributed by atoms with E-state index in [1.807, 2.05) is 0 Å². The molecule has 38 heavy (non-hydrogen) atoms. The highest BCUT2D eigenvalue weighted by Crippen LogP contribution is 2.32. The molecule has 1 aliphatic heterocycles. The van der Waals surface area contributed by atoms with Crippen molar-refractivity contribution < 1.29 is 24.0 Å². The Hall–Kier alpha value is -1.81. The summed E-state index contributed by atoms with van der Waals surface area (Å²) < 4.78 is 0. The molecule has 1 saturated heterocycles. The summed E-state index contributed by atoms with van der Waals surface area (Å²) in [6, 6.07) is 0. The maximum absolute atomic E-state index is 13.0. The normalized spacial score (nSPS) is 23.8. The molecule has 9 heteroatoms. The fourth-order valence-electron chi connectivity index (χ4n) is 5.71. The Balaban J connectivity index is 1.99. The highest BCUT2D eigenvalue weighted by atomic mass is 16.1. The SMILES string of the molecule is CC(=O)CN1CCN(CC(C)=O)CCN(CC(=O)CCC2CCC(C(C)=O)CC2)CCN(CC(C)=O)CC1. The van der Waals surface area contributed by atoms with E-state index in [1.54, 1.807) is 27.7 Å². The molecule has 2 fully saturated rings. The maximum Gasteiger partial charge on any atom is 0.146 e. The first-order valence-corrected chi connectivity index (χ1v) is 14.4. The molecular formula is C29H50N4O5. The second-order valence-corrected chi connectivity index (χ2v) is 11.6. The van der Waals surface area contributed by atoms with Crippen molar-refractivity contribution in [2.24, 2.45) is 11.8 Å². The molecule has 0 spiro atoms. The van der Waals surface area contributed by atoms with Crippen LogP contribution in [0.15, 0.2) is 0 Å². The van der Waals surface area contributed by atoms with Crippen molar-refractivity contribution in [1.82, 2.24) is 19.6 Å². The number of rotatable bonds is 12. The molecule has 9 nitrogen and oxygen atoms in total. The molecule has 2 aliphatic rings. The standard InChI is InChI=1S/C29H50N4O5/c1-23(34)19-30-11-13-31(20-24(2)35)15-17-33(18-16-32(14-12-30)21-25(3)36)22-29(38)10-7-27-5-8-28(9-6-27)26(4)37/h27-28H,5-22H2,1-4H3. The molecule has 0 atom stereocenters. The molecule has 0 aromatic rings. The molecular weight excluding hydrogens is 484 g/mol. The summed E-state index contributed by atoms with van der Waals surface area (Å²) in [6.07, 6.45) is 5.39. The van der Waals surface area contributed by atoms with Gasteiger partial charge in [-0.25, -0.2) is 0 Å². The molecule has 2 rings (SSSR count). The van der Waals surface area contributed by atoms with Gasteiger partial charge < -0.3 is 0 Å². The second kappa shape index (κ2) is 17.0. The first-order valence-electron chi connectivity index (χ1n) is 14.4. The summed E-state index contributed by atoms with van der Waals surface area (Å²) in [5.41, 5.74) is 0. The quantitative estimate of drug-likeness (QED) is 0.371. The largest absolute Gasteiger partial charge is 0.300 e. The van der Waals surface area contributed by atoms with Crippen molar-refractivity contribution in [1.29, 1.82) is 0 Å². The van der Waals surface area contributed by atoms with Crippen LogP contribution in [0.4, 0.5) is 0 Å². The minimum Gasteiger partial charge on any atom is -0.300 e.